The second kappa shape index (κ2) is 2.36. The van der Waals surface area contributed by atoms with Crippen molar-refractivity contribution in [2.75, 3.05) is 0 Å². The molecule has 0 aromatic heterocycles. The van der Waals surface area contributed by atoms with Crippen molar-refractivity contribution >= 4 is 5.97 Å². The molecule has 0 aromatic rings. The minimum atomic E-state index is 0.00144. The topological polar surface area (TPSA) is 26.3 Å². The van der Waals surface area contributed by atoms with Gasteiger partial charge in [-0.25, -0.2) is 0 Å². The summed E-state index contributed by atoms with van der Waals surface area (Å²) in [6.45, 7) is 3.74. The molecular weight excluding hydrogens is 140 g/mol. The fourth-order valence-corrected chi connectivity index (χ4v) is 1.94. The van der Waals surface area contributed by atoms with E-state index in [1.54, 1.807) is 0 Å². The lowest BCUT2D eigenvalue weighted by Gasteiger charge is -2.40. The molecule has 1 aliphatic carbocycles. The van der Waals surface area contributed by atoms with Gasteiger partial charge in [-0.3, -0.25) is 4.79 Å². The molecule has 0 spiro atoms. The maximum Gasteiger partial charge on any atom is 0.313 e. The summed E-state index contributed by atoms with van der Waals surface area (Å²) in [5.74, 6) is 0.748. The van der Waals surface area contributed by atoms with Crippen molar-refractivity contribution in [3.8, 4) is 0 Å². The monoisotopic (exact) mass is 152 g/mol. The van der Waals surface area contributed by atoms with E-state index in [4.69, 9.17) is 4.74 Å². The number of rotatable bonds is 1. The molecule has 0 radical (unpaired) electrons. The number of allylic oxidation sites excluding steroid dienone is 1. The van der Waals surface area contributed by atoms with Gasteiger partial charge in [-0.1, -0.05) is 6.08 Å². The molecule has 0 amide bonds. The molecule has 2 nitrogen and oxygen atoms in total. The standard InChI is InChI=1S/C9H12O2/c1-2-6-3-4-8-7(5-6)9(10)11-8/h2,6-8H,1,3-5H2. The smallest absolute Gasteiger partial charge is 0.313 e. The van der Waals surface area contributed by atoms with Gasteiger partial charge in [0, 0.05) is 0 Å². The van der Waals surface area contributed by atoms with Crippen LogP contribution in [0.1, 0.15) is 19.3 Å². The van der Waals surface area contributed by atoms with Crippen molar-refractivity contribution in [1.29, 1.82) is 0 Å². The van der Waals surface area contributed by atoms with E-state index in [1.165, 1.54) is 0 Å². The highest BCUT2D eigenvalue weighted by atomic mass is 16.6. The van der Waals surface area contributed by atoms with Crippen LogP contribution in [0.5, 0.6) is 0 Å². The van der Waals surface area contributed by atoms with Crippen LogP contribution in [0.25, 0.3) is 0 Å². The first-order chi connectivity index (χ1) is 5.31. The highest BCUT2D eigenvalue weighted by molar-refractivity contribution is 5.78. The molecule has 1 heterocycles. The fraction of sp³-hybridized carbons (Fsp3) is 0.667. The maximum absolute atomic E-state index is 10.9. The van der Waals surface area contributed by atoms with Gasteiger partial charge in [0.2, 0.25) is 0 Å². The molecule has 0 N–H and O–H groups in total. The molecule has 1 saturated heterocycles. The number of hydrogen-bond acceptors (Lipinski definition) is 2. The van der Waals surface area contributed by atoms with E-state index in [2.05, 4.69) is 6.58 Å². The van der Waals surface area contributed by atoms with E-state index in [-0.39, 0.29) is 18.0 Å². The van der Waals surface area contributed by atoms with E-state index in [0.29, 0.717) is 5.92 Å². The molecule has 11 heavy (non-hydrogen) atoms. The molecule has 3 atom stereocenters. The average Bonchev–Trinajstić information content (AvgIpc) is 2.03. The van der Waals surface area contributed by atoms with Gasteiger partial charge in [0.15, 0.2) is 0 Å². The quantitative estimate of drug-likeness (QED) is 0.420. The third-order valence-corrected chi connectivity index (χ3v) is 2.73. The number of ether oxygens (including phenoxy) is 1. The van der Waals surface area contributed by atoms with Crippen LogP contribution in [-0.4, -0.2) is 12.1 Å². The molecule has 1 aliphatic heterocycles. The Morgan fingerprint density at radius 3 is 3.00 bits per heavy atom. The fourth-order valence-electron chi connectivity index (χ4n) is 1.94. The summed E-state index contributed by atoms with van der Waals surface area (Å²) in [7, 11) is 0. The Bertz CT molecular complexity index is 198. The van der Waals surface area contributed by atoms with Crippen molar-refractivity contribution in [1.82, 2.24) is 0 Å². The van der Waals surface area contributed by atoms with Crippen LogP contribution in [0.3, 0.4) is 0 Å². The summed E-state index contributed by atoms with van der Waals surface area (Å²) in [6.07, 6.45) is 5.35. The summed E-state index contributed by atoms with van der Waals surface area (Å²) in [4.78, 5) is 10.9. The minimum Gasteiger partial charge on any atom is -0.461 e. The summed E-state index contributed by atoms with van der Waals surface area (Å²) in [5, 5.41) is 0. The van der Waals surface area contributed by atoms with Crippen LogP contribution in [0.4, 0.5) is 0 Å². The summed E-state index contributed by atoms with van der Waals surface area (Å²) >= 11 is 0. The number of fused-ring (bicyclic) bond motifs is 1. The van der Waals surface area contributed by atoms with E-state index < -0.39 is 0 Å². The third-order valence-electron chi connectivity index (χ3n) is 2.73. The van der Waals surface area contributed by atoms with Crippen LogP contribution in [0, 0.1) is 11.8 Å². The predicted octanol–water partition coefficient (Wildman–Crippen LogP) is 1.51. The highest BCUT2D eigenvalue weighted by Gasteiger charge is 2.45. The van der Waals surface area contributed by atoms with Gasteiger partial charge >= 0.3 is 5.97 Å². The molecule has 60 valence electrons. The van der Waals surface area contributed by atoms with E-state index >= 15 is 0 Å². The Morgan fingerprint density at radius 1 is 1.55 bits per heavy atom. The zero-order chi connectivity index (χ0) is 7.84. The number of esters is 1. The summed E-state index contributed by atoms with van der Waals surface area (Å²) < 4.78 is 4.96. The molecule has 2 rings (SSSR count). The van der Waals surface area contributed by atoms with Gasteiger partial charge in [-0.15, -0.1) is 6.58 Å². The predicted molar refractivity (Wildman–Crippen MR) is 40.9 cm³/mol. The maximum atomic E-state index is 10.9. The van der Waals surface area contributed by atoms with Crippen LogP contribution in [-0.2, 0) is 9.53 Å². The second-order valence-corrected chi connectivity index (χ2v) is 3.39. The largest absolute Gasteiger partial charge is 0.461 e. The first-order valence-electron chi connectivity index (χ1n) is 4.14. The van der Waals surface area contributed by atoms with Gasteiger partial charge in [0.1, 0.15) is 6.10 Å². The minimum absolute atomic E-state index is 0.00144. The Hall–Kier alpha value is -0.790. The van der Waals surface area contributed by atoms with Crippen LogP contribution in [0.15, 0.2) is 12.7 Å². The zero-order valence-corrected chi connectivity index (χ0v) is 6.45. The molecule has 0 aromatic carbocycles. The van der Waals surface area contributed by atoms with Crippen molar-refractivity contribution in [2.24, 2.45) is 11.8 Å². The Morgan fingerprint density at radius 2 is 2.36 bits per heavy atom. The second-order valence-electron chi connectivity index (χ2n) is 3.39. The van der Waals surface area contributed by atoms with Gasteiger partial charge < -0.3 is 4.74 Å². The Labute approximate surface area is 66.2 Å². The van der Waals surface area contributed by atoms with Crippen LogP contribution >= 0.6 is 0 Å². The van der Waals surface area contributed by atoms with Gasteiger partial charge in [0.05, 0.1) is 5.92 Å². The van der Waals surface area contributed by atoms with Crippen LogP contribution < -0.4 is 0 Å². The molecule has 2 fully saturated rings. The number of carbonyl (C=O) groups excluding carboxylic acids is 1. The van der Waals surface area contributed by atoms with E-state index in [9.17, 15) is 4.79 Å². The Balaban J connectivity index is 1.99. The number of hydrogen-bond donors (Lipinski definition) is 0. The normalized spacial score (nSPS) is 41.8. The van der Waals surface area contributed by atoms with Crippen molar-refractivity contribution in [3.05, 3.63) is 12.7 Å². The van der Waals surface area contributed by atoms with E-state index in [0.717, 1.165) is 19.3 Å². The lowest BCUT2D eigenvalue weighted by atomic mass is 9.76. The summed E-state index contributed by atoms with van der Waals surface area (Å²) in [6, 6.07) is 0. The van der Waals surface area contributed by atoms with Crippen molar-refractivity contribution < 1.29 is 9.53 Å². The molecule has 2 aliphatic rings. The average molecular weight is 152 g/mol. The highest BCUT2D eigenvalue weighted by Crippen LogP contribution is 2.38. The van der Waals surface area contributed by atoms with E-state index in [1.807, 2.05) is 6.08 Å². The molecular formula is C9H12O2. The van der Waals surface area contributed by atoms with Crippen molar-refractivity contribution in [2.45, 2.75) is 25.4 Å². The van der Waals surface area contributed by atoms with Gasteiger partial charge in [-0.05, 0) is 25.2 Å². The third kappa shape index (κ3) is 0.971. The SMILES string of the molecule is C=CC1CCC2OC(=O)C2C1. The molecule has 1 saturated carbocycles. The van der Waals surface area contributed by atoms with Gasteiger partial charge in [-0.2, -0.15) is 0 Å². The van der Waals surface area contributed by atoms with Crippen molar-refractivity contribution in [3.63, 3.8) is 0 Å². The lowest BCUT2D eigenvalue weighted by Crippen LogP contribution is -2.48. The Kier molecular flexibility index (Phi) is 1.48. The molecule has 0 bridgehead atoms. The first-order valence-corrected chi connectivity index (χ1v) is 4.14. The summed E-state index contributed by atoms with van der Waals surface area (Å²) in [5.41, 5.74) is 0. The van der Waals surface area contributed by atoms with Crippen LogP contribution in [0.2, 0.25) is 0 Å². The van der Waals surface area contributed by atoms with Gasteiger partial charge in [0.25, 0.3) is 0 Å². The number of carbonyl (C=O) groups is 1. The molecule has 2 heteroatoms. The first kappa shape index (κ1) is 6.89. The lowest BCUT2D eigenvalue weighted by molar-refractivity contribution is -0.190. The zero-order valence-electron chi connectivity index (χ0n) is 6.45. The molecule has 3 unspecified atom stereocenters.